The number of aromatic amines is 1. The summed E-state index contributed by atoms with van der Waals surface area (Å²) in [5, 5.41) is 5.96. The summed E-state index contributed by atoms with van der Waals surface area (Å²) < 4.78 is 57.0. The lowest BCUT2D eigenvalue weighted by Gasteiger charge is -2.14. The molecule has 0 unspecified atom stereocenters. The third kappa shape index (κ3) is 4.58. The second-order valence-corrected chi connectivity index (χ2v) is 9.66. The lowest BCUT2D eigenvalue weighted by atomic mass is 10.1. The highest BCUT2D eigenvalue weighted by Gasteiger charge is 2.27. The van der Waals surface area contributed by atoms with Crippen LogP contribution in [-0.2, 0) is 10.0 Å². The zero-order valence-electron chi connectivity index (χ0n) is 15.9. The van der Waals surface area contributed by atoms with E-state index in [4.69, 9.17) is 46.4 Å². The summed E-state index contributed by atoms with van der Waals surface area (Å²) >= 11 is 23.7. The zero-order chi connectivity index (χ0) is 23.9. The van der Waals surface area contributed by atoms with Crippen LogP contribution in [0.25, 0.3) is 11.0 Å². The van der Waals surface area contributed by atoms with Gasteiger partial charge in [0, 0.05) is 17.1 Å². The number of anilines is 1. The number of H-pyrrole nitrogens is 1. The van der Waals surface area contributed by atoms with Crippen LogP contribution in [0.1, 0.15) is 11.1 Å². The summed E-state index contributed by atoms with van der Waals surface area (Å²) in [5.41, 5.74) is -0.371. The highest BCUT2D eigenvalue weighted by Crippen LogP contribution is 2.40. The van der Waals surface area contributed by atoms with E-state index in [-0.39, 0.29) is 10.0 Å². The van der Waals surface area contributed by atoms with Crippen LogP contribution >= 0.6 is 46.4 Å². The molecule has 6 nitrogen and oxygen atoms in total. The molecular formula is C20H8Cl4F2N4O2S. The van der Waals surface area contributed by atoms with Gasteiger partial charge in [0.25, 0.3) is 10.0 Å². The summed E-state index contributed by atoms with van der Waals surface area (Å²) in [6, 6.07) is 4.53. The first-order valence-corrected chi connectivity index (χ1v) is 11.7. The second kappa shape index (κ2) is 8.97. The Morgan fingerprint density at radius 1 is 0.970 bits per heavy atom. The first kappa shape index (κ1) is 23.5. The van der Waals surface area contributed by atoms with Gasteiger partial charge >= 0.3 is 0 Å². The molecule has 2 aromatic heterocycles. The summed E-state index contributed by atoms with van der Waals surface area (Å²) in [7, 11) is -4.57. The molecule has 0 amide bonds. The molecule has 2 heterocycles. The molecule has 0 atom stereocenters. The number of nitrogens with zero attached hydrogens (tertiary/aromatic N) is 2. The molecule has 13 heteroatoms. The van der Waals surface area contributed by atoms with Crippen molar-refractivity contribution in [2.75, 3.05) is 4.72 Å². The number of fused-ring (bicyclic) bond motifs is 1. The Morgan fingerprint density at radius 3 is 2.36 bits per heavy atom. The number of nitrogens with one attached hydrogen (secondary N) is 2. The third-order valence-corrected chi connectivity index (χ3v) is 7.53. The van der Waals surface area contributed by atoms with Crippen LogP contribution in [0.4, 0.5) is 14.5 Å². The molecule has 0 saturated carbocycles. The van der Waals surface area contributed by atoms with E-state index in [0.29, 0.717) is 16.6 Å². The molecule has 0 saturated heterocycles. The minimum atomic E-state index is -4.57. The fourth-order valence-electron chi connectivity index (χ4n) is 2.77. The van der Waals surface area contributed by atoms with Gasteiger partial charge in [0.05, 0.1) is 37.5 Å². The number of halogens is 6. The Kier molecular flexibility index (Phi) is 6.40. The van der Waals surface area contributed by atoms with Gasteiger partial charge < -0.3 is 0 Å². The molecule has 4 rings (SSSR count). The Hall–Kier alpha value is -2.61. The summed E-state index contributed by atoms with van der Waals surface area (Å²) in [6.07, 6.45) is 2.91. The van der Waals surface area contributed by atoms with E-state index >= 15 is 4.39 Å². The quantitative estimate of drug-likeness (QED) is 0.241. The van der Waals surface area contributed by atoms with Gasteiger partial charge in [-0.2, -0.15) is 5.10 Å². The monoisotopic (exact) mass is 546 g/mol. The van der Waals surface area contributed by atoms with Crippen molar-refractivity contribution in [3.8, 4) is 11.8 Å². The lowest BCUT2D eigenvalue weighted by Crippen LogP contribution is -2.16. The molecule has 0 spiro atoms. The van der Waals surface area contributed by atoms with Crippen LogP contribution in [-0.4, -0.2) is 23.6 Å². The Balaban J connectivity index is 1.74. The van der Waals surface area contributed by atoms with E-state index in [2.05, 4.69) is 27.0 Å². The first-order chi connectivity index (χ1) is 15.6. The van der Waals surface area contributed by atoms with E-state index in [1.165, 1.54) is 12.4 Å². The van der Waals surface area contributed by atoms with Crippen LogP contribution < -0.4 is 4.72 Å². The average Bonchev–Trinajstić information content (AvgIpc) is 3.22. The molecule has 0 aliphatic carbocycles. The normalized spacial score (nSPS) is 11.3. The standard InChI is InChI=1S/C20H8Cl4F2N4O2S/c21-12-6-13(22)17(24)19(16(12)23)33(31,32)30-15-4-3-14(25)11(18(15)26)2-1-9-5-10-8-28-29-20(10)27-7-9/h3-8,30H,(H,27,28,29). The zero-order valence-corrected chi connectivity index (χ0v) is 19.7. The molecular weight excluding hydrogens is 540 g/mol. The van der Waals surface area contributed by atoms with E-state index < -0.39 is 47.8 Å². The van der Waals surface area contributed by atoms with Gasteiger partial charge in [-0.1, -0.05) is 58.2 Å². The number of hydrogen-bond donors (Lipinski definition) is 2. The number of sulfonamides is 1. The Bertz CT molecular complexity index is 1570. The van der Waals surface area contributed by atoms with E-state index in [1.807, 2.05) is 4.72 Å². The smallest absolute Gasteiger partial charge is 0.265 e. The van der Waals surface area contributed by atoms with Crippen molar-refractivity contribution in [3.63, 3.8) is 0 Å². The molecule has 33 heavy (non-hydrogen) atoms. The van der Waals surface area contributed by atoms with Gasteiger partial charge in [-0.25, -0.2) is 22.2 Å². The topological polar surface area (TPSA) is 87.7 Å². The molecule has 168 valence electrons. The van der Waals surface area contributed by atoms with Gasteiger partial charge in [0.2, 0.25) is 0 Å². The first-order valence-electron chi connectivity index (χ1n) is 8.73. The minimum Gasteiger partial charge on any atom is -0.277 e. The van der Waals surface area contributed by atoms with Crippen LogP contribution in [0.15, 0.2) is 41.6 Å². The van der Waals surface area contributed by atoms with Gasteiger partial charge in [0.15, 0.2) is 11.5 Å². The second-order valence-electron chi connectivity index (χ2n) is 6.47. The number of pyridine rings is 1. The van der Waals surface area contributed by atoms with Gasteiger partial charge in [-0.3, -0.25) is 9.82 Å². The van der Waals surface area contributed by atoms with E-state index in [0.717, 1.165) is 18.2 Å². The number of aromatic nitrogens is 3. The maximum atomic E-state index is 15.0. The van der Waals surface area contributed by atoms with E-state index in [1.54, 1.807) is 6.07 Å². The van der Waals surface area contributed by atoms with Gasteiger partial charge in [-0.15, -0.1) is 0 Å². The van der Waals surface area contributed by atoms with E-state index in [9.17, 15) is 12.8 Å². The highest BCUT2D eigenvalue weighted by molar-refractivity contribution is 7.93. The van der Waals surface area contributed by atoms with Gasteiger partial charge in [0.1, 0.15) is 10.7 Å². The minimum absolute atomic E-state index is 0.180. The molecule has 0 fully saturated rings. The third-order valence-electron chi connectivity index (χ3n) is 4.30. The number of rotatable bonds is 3. The molecule has 2 N–H and O–H groups in total. The largest absolute Gasteiger partial charge is 0.277 e. The summed E-state index contributed by atoms with van der Waals surface area (Å²) in [4.78, 5) is 3.43. The maximum Gasteiger partial charge on any atom is 0.265 e. The van der Waals surface area contributed by atoms with Crippen molar-refractivity contribution in [1.29, 1.82) is 0 Å². The predicted molar refractivity (Wildman–Crippen MR) is 124 cm³/mol. The fourth-order valence-corrected chi connectivity index (χ4v) is 5.54. The molecule has 2 aromatic carbocycles. The highest BCUT2D eigenvalue weighted by atomic mass is 35.5. The SMILES string of the molecule is O=S(=O)(Nc1ccc(F)c(C#Cc2cnc3[nH]ncc3c2)c1F)c1c(Cl)c(Cl)cc(Cl)c1Cl. The summed E-state index contributed by atoms with van der Waals surface area (Å²) in [5.74, 6) is 2.71. The molecule has 0 radical (unpaired) electrons. The lowest BCUT2D eigenvalue weighted by molar-refractivity contribution is 0.578. The van der Waals surface area contributed by atoms with Crippen molar-refractivity contribution in [2.24, 2.45) is 0 Å². The van der Waals surface area contributed by atoms with Crippen LogP contribution in [0.2, 0.25) is 20.1 Å². The van der Waals surface area contributed by atoms with Crippen LogP contribution in [0.3, 0.4) is 0 Å². The molecule has 0 aliphatic heterocycles. The number of hydrogen-bond acceptors (Lipinski definition) is 4. The maximum absolute atomic E-state index is 15.0. The fraction of sp³-hybridized carbons (Fsp3) is 0. The Morgan fingerprint density at radius 2 is 1.67 bits per heavy atom. The average molecular weight is 548 g/mol. The molecule has 0 aliphatic rings. The number of benzene rings is 2. The predicted octanol–water partition coefficient (Wildman–Crippen LogP) is 6.05. The summed E-state index contributed by atoms with van der Waals surface area (Å²) in [6.45, 7) is 0. The molecule has 0 bridgehead atoms. The van der Waals surface area contributed by atoms with Crippen molar-refractivity contribution in [2.45, 2.75) is 4.90 Å². The molecule has 4 aromatic rings. The van der Waals surface area contributed by atoms with Crippen molar-refractivity contribution in [3.05, 3.63) is 79.5 Å². The van der Waals surface area contributed by atoms with Crippen LogP contribution in [0, 0.1) is 23.5 Å². The van der Waals surface area contributed by atoms with Crippen LogP contribution in [0.5, 0.6) is 0 Å². The van der Waals surface area contributed by atoms with Crippen molar-refractivity contribution >= 4 is 73.1 Å². The van der Waals surface area contributed by atoms with Gasteiger partial charge in [-0.05, 0) is 24.3 Å². The van der Waals surface area contributed by atoms with Crippen molar-refractivity contribution in [1.82, 2.24) is 15.2 Å². The Labute approximate surface area is 205 Å². The van der Waals surface area contributed by atoms with Crippen molar-refractivity contribution < 1.29 is 17.2 Å².